The molecule has 4 rings (SSSR count). The second-order valence-corrected chi connectivity index (χ2v) is 10.6. The third kappa shape index (κ3) is 5.10. The van der Waals surface area contributed by atoms with Crippen molar-refractivity contribution in [1.29, 1.82) is 0 Å². The molecule has 7 heteroatoms. The zero-order valence-corrected chi connectivity index (χ0v) is 20.2. The third-order valence-electron chi connectivity index (χ3n) is 5.88. The Morgan fingerprint density at radius 2 is 2.06 bits per heavy atom. The van der Waals surface area contributed by atoms with E-state index < -0.39 is 0 Å². The summed E-state index contributed by atoms with van der Waals surface area (Å²) in [5.41, 5.74) is 16.0. The summed E-state index contributed by atoms with van der Waals surface area (Å²) in [4.78, 5) is 19.8. The summed E-state index contributed by atoms with van der Waals surface area (Å²) >= 11 is 1.46. The molecule has 0 saturated carbocycles. The Labute approximate surface area is 199 Å². The summed E-state index contributed by atoms with van der Waals surface area (Å²) in [6.45, 7) is 11.9. The Hall–Kier alpha value is -3.16. The van der Waals surface area contributed by atoms with Gasteiger partial charge in [0, 0.05) is 52.4 Å². The van der Waals surface area contributed by atoms with E-state index in [1.54, 1.807) is 6.21 Å². The molecule has 0 bridgehead atoms. The van der Waals surface area contributed by atoms with Crippen LogP contribution in [0.3, 0.4) is 0 Å². The number of nitrogen functional groups attached to an aromatic ring is 1. The Bertz CT molecular complexity index is 1240. The Balaban J connectivity index is 1.50. The quantitative estimate of drug-likeness (QED) is 0.370. The Kier molecular flexibility index (Phi) is 6.28. The predicted octanol–water partition coefficient (Wildman–Crippen LogP) is 4.96. The number of nitrogens with one attached hydrogen (secondary N) is 1. The van der Waals surface area contributed by atoms with Gasteiger partial charge in [0.15, 0.2) is 0 Å². The van der Waals surface area contributed by atoms with E-state index in [2.05, 4.69) is 49.8 Å². The summed E-state index contributed by atoms with van der Waals surface area (Å²) < 4.78 is 0.979. The number of aliphatic imine (C=N–C) groups is 1. The number of carbonyl (C=O) groups is 1. The van der Waals surface area contributed by atoms with Crippen LogP contribution >= 0.6 is 11.3 Å². The van der Waals surface area contributed by atoms with E-state index in [1.165, 1.54) is 16.9 Å². The predicted molar refractivity (Wildman–Crippen MR) is 140 cm³/mol. The molecular formula is C26H31N5OS. The van der Waals surface area contributed by atoms with Gasteiger partial charge >= 0.3 is 0 Å². The summed E-state index contributed by atoms with van der Waals surface area (Å²) in [5, 5.41) is 4.11. The van der Waals surface area contributed by atoms with Crippen molar-refractivity contribution in [2.45, 2.75) is 38.6 Å². The van der Waals surface area contributed by atoms with Crippen molar-refractivity contribution in [3.63, 3.8) is 0 Å². The highest BCUT2D eigenvalue weighted by molar-refractivity contribution is 7.20. The highest BCUT2D eigenvalue weighted by Gasteiger charge is 2.26. The lowest BCUT2D eigenvalue weighted by Crippen LogP contribution is -2.31. The molecule has 0 spiro atoms. The standard InChI is InChI=1S/C26H31N5OS/c1-16(30-20-7-5-6-18(12-20)26(2,3)4)29-14-17-8-9-22-21(24(17)28)13-23(33-22)25(32)31-11-10-19(27)15-31/h5-9,12-14,19,30H,1,10-11,15,27-28H2,2-4H3/t19-/m0/s1. The highest BCUT2D eigenvalue weighted by Crippen LogP contribution is 2.33. The average Bonchev–Trinajstić information content (AvgIpc) is 3.39. The molecular weight excluding hydrogens is 430 g/mol. The molecule has 3 aromatic rings. The molecule has 1 aliphatic rings. The van der Waals surface area contributed by atoms with Gasteiger partial charge < -0.3 is 21.7 Å². The van der Waals surface area contributed by atoms with Gasteiger partial charge in [0.05, 0.1) is 4.88 Å². The van der Waals surface area contributed by atoms with Crippen molar-refractivity contribution < 1.29 is 4.79 Å². The fourth-order valence-corrected chi connectivity index (χ4v) is 4.95. The topological polar surface area (TPSA) is 96.7 Å². The van der Waals surface area contributed by atoms with Gasteiger partial charge in [0.1, 0.15) is 5.82 Å². The van der Waals surface area contributed by atoms with Crippen molar-refractivity contribution in [3.8, 4) is 0 Å². The molecule has 1 aromatic heterocycles. The maximum atomic E-state index is 12.8. The number of nitrogens with zero attached hydrogens (tertiary/aromatic N) is 2. The Morgan fingerprint density at radius 3 is 2.76 bits per heavy atom. The first-order valence-corrected chi connectivity index (χ1v) is 11.9. The largest absolute Gasteiger partial charge is 0.398 e. The number of benzene rings is 2. The van der Waals surface area contributed by atoms with Crippen molar-refractivity contribution in [2.24, 2.45) is 10.7 Å². The van der Waals surface area contributed by atoms with Gasteiger partial charge in [0.2, 0.25) is 0 Å². The average molecular weight is 462 g/mol. The number of amides is 1. The fourth-order valence-electron chi connectivity index (χ4n) is 3.91. The van der Waals surface area contributed by atoms with Crippen LogP contribution in [0.2, 0.25) is 0 Å². The molecule has 1 saturated heterocycles. The van der Waals surface area contributed by atoms with Crippen molar-refractivity contribution >= 4 is 44.9 Å². The molecule has 0 radical (unpaired) electrons. The van der Waals surface area contributed by atoms with Gasteiger partial charge in [-0.15, -0.1) is 11.3 Å². The molecule has 5 N–H and O–H groups in total. The van der Waals surface area contributed by atoms with Gasteiger partial charge in [-0.2, -0.15) is 0 Å². The number of hydrogen-bond acceptors (Lipinski definition) is 6. The monoisotopic (exact) mass is 461 g/mol. The lowest BCUT2D eigenvalue weighted by molar-refractivity contribution is 0.0795. The van der Waals surface area contributed by atoms with Gasteiger partial charge in [-0.25, -0.2) is 4.99 Å². The number of hydrogen-bond donors (Lipinski definition) is 3. The first-order chi connectivity index (χ1) is 15.6. The molecule has 2 aromatic carbocycles. The van der Waals surface area contributed by atoms with Crippen molar-refractivity contribution in [1.82, 2.24) is 4.90 Å². The summed E-state index contributed by atoms with van der Waals surface area (Å²) in [7, 11) is 0. The lowest BCUT2D eigenvalue weighted by atomic mass is 9.87. The number of carbonyl (C=O) groups excluding carboxylic acids is 1. The maximum Gasteiger partial charge on any atom is 0.264 e. The zero-order valence-electron chi connectivity index (χ0n) is 19.4. The number of fused-ring (bicyclic) bond motifs is 1. The molecule has 0 aliphatic carbocycles. The summed E-state index contributed by atoms with van der Waals surface area (Å²) in [5.74, 6) is 0.543. The minimum Gasteiger partial charge on any atom is -0.398 e. The number of likely N-dealkylation sites (tertiary alicyclic amines) is 1. The molecule has 1 aliphatic heterocycles. The van der Waals surface area contributed by atoms with Crippen LogP contribution in [0.5, 0.6) is 0 Å². The van der Waals surface area contributed by atoms with Crippen LogP contribution in [-0.4, -0.2) is 36.2 Å². The zero-order chi connectivity index (χ0) is 23.8. The number of nitrogens with two attached hydrogens (primary N) is 2. The van der Waals surface area contributed by atoms with Crippen LogP contribution in [0.4, 0.5) is 11.4 Å². The summed E-state index contributed by atoms with van der Waals surface area (Å²) in [6.07, 6.45) is 2.55. The molecule has 0 unspecified atom stereocenters. The van der Waals surface area contributed by atoms with Crippen LogP contribution in [0.15, 0.2) is 59.9 Å². The maximum absolute atomic E-state index is 12.8. The van der Waals surface area contributed by atoms with E-state index in [1.807, 2.05) is 35.2 Å². The molecule has 1 atom stereocenters. The first-order valence-electron chi connectivity index (χ1n) is 11.1. The van der Waals surface area contributed by atoms with E-state index in [0.717, 1.165) is 27.8 Å². The summed E-state index contributed by atoms with van der Waals surface area (Å²) in [6, 6.07) is 14.1. The van der Waals surface area contributed by atoms with Gasteiger partial charge in [-0.05, 0) is 47.7 Å². The van der Waals surface area contributed by atoms with E-state index in [9.17, 15) is 4.79 Å². The number of anilines is 2. The number of thiophene rings is 1. The minimum atomic E-state index is 0.0221. The van der Waals surface area contributed by atoms with Crippen LogP contribution in [0.25, 0.3) is 10.1 Å². The minimum absolute atomic E-state index is 0.0221. The number of rotatable bonds is 5. The van der Waals surface area contributed by atoms with E-state index in [4.69, 9.17) is 11.5 Å². The Morgan fingerprint density at radius 1 is 1.27 bits per heavy atom. The van der Waals surface area contributed by atoms with Crippen LogP contribution in [0.1, 0.15) is 48.0 Å². The smallest absolute Gasteiger partial charge is 0.264 e. The van der Waals surface area contributed by atoms with Gasteiger partial charge in [0.25, 0.3) is 5.91 Å². The molecule has 1 fully saturated rings. The second kappa shape index (κ2) is 9.00. The highest BCUT2D eigenvalue weighted by atomic mass is 32.1. The van der Waals surface area contributed by atoms with Crippen LogP contribution in [-0.2, 0) is 5.41 Å². The molecule has 1 amide bonds. The van der Waals surface area contributed by atoms with E-state index in [0.29, 0.717) is 29.5 Å². The molecule has 2 heterocycles. The molecule has 33 heavy (non-hydrogen) atoms. The third-order valence-corrected chi connectivity index (χ3v) is 6.96. The normalized spacial score (nSPS) is 16.6. The van der Waals surface area contributed by atoms with E-state index >= 15 is 0 Å². The molecule has 172 valence electrons. The van der Waals surface area contributed by atoms with Gasteiger partial charge in [-0.1, -0.05) is 39.5 Å². The molecule has 6 nitrogen and oxygen atoms in total. The van der Waals surface area contributed by atoms with Crippen LogP contribution in [0, 0.1) is 0 Å². The second-order valence-electron chi connectivity index (χ2n) is 9.55. The van der Waals surface area contributed by atoms with Crippen molar-refractivity contribution in [2.75, 3.05) is 24.1 Å². The first kappa shape index (κ1) is 23.0. The fraction of sp³-hybridized carbons (Fsp3) is 0.308. The van der Waals surface area contributed by atoms with E-state index in [-0.39, 0.29) is 17.4 Å². The van der Waals surface area contributed by atoms with Gasteiger partial charge in [-0.3, -0.25) is 4.79 Å². The SMILES string of the molecule is C=C(N=Cc1ccc2sc(C(=O)N3CC[C@H](N)C3)cc2c1N)Nc1cccc(C(C)(C)C)c1. The lowest BCUT2D eigenvalue weighted by Gasteiger charge is -2.20. The van der Waals surface area contributed by atoms with Crippen LogP contribution < -0.4 is 16.8 Å². The van der Waals surface area contributed by atoms with Crippen molar-refractivity contribution in [3.05, 3.63) is 70.9 Å².